The Hall–Kier alpha value is -1.53. The second-order valence-corrected chi connectivity index (χ2v) is 4.49. The molecule has 0 amide bonds. The first-order valence-corrected chi connectivity index (χ1v) is 6.34. The third-order valence-corrected chi connectivity index (χ3v) is 3.23. The molecule has 0 bridgehead atoms. The van der Waals surface area contributed by atoms with Crippen LogP contribution >= 0.6 is 0 Å². The van der Waals surface area contributed by atoms with E-state index >= 15 is 0 Å². The molecule has 1 aliphatic rings. The molecule has 1 aliphatic heterocycles. The average Bonchev–Trinajstić information content (AvgIpc) is 2.86. The van der Waals surface area contributed by atoms with Crippen molar-refractivity contribution < 1.29 is 5.11 Å². The van der Waals surface area contributed by atoms with Crippen molar-refractivity contribution in [2.75, 3.05) is 42.2 Å². The van der Waals surface area contributed by atoms with Gasteiger partial charge in [0.05, 0.1) is 18.3 Å². The van der Waals surface area contributed by atoms with Crippen LogP contribution in [0.15, 0.2) is 12.1 Å². The van der Waals surface area contributed by atoms with Crippen molar-refractivity contribution in [2.45, 2.75) is 18.9 Å². The maximum Gasteiger partial charge on any atom is 0.151 e. The van der Waals surface area contributed by atoms with Crippen LogP contribution in [0.2, 0.25) is 0 Å². The summed E-state index contributed by atoms with van der Waals surface area (Å²) in [5.41, 5.74) is 11.9. The highest BCUT2D eigenvalue weighted by Crippen LogP contribution is 2.27. The van der Waals surface area contributed by atoms with E-state index in [0.29, 0.717) is 24.6 Å². The standard InChI is InChI=1S/C12H21N5O/c13-5-6-15-12-10(14)3-4-11(16-12)17-7-1-2-9(17)8-18/h3-4,9,18H,1-2,5-8,13-14H2,(H,15,16). The number of pyridine rings is 1. The zero-order valence-corrected chi connectivity index (χ0v) is 10.5. The quantitative estimate of drug-likeness (QED) is 0.587. The predicted octanol–water partition coefficient (Wildman–Crippen LogP) is -0.00450. The summed E-state index contributed by atoms with van der Waals surface area (Å²) in [6, 6.07) is 3.91. The van der Waals surface area contributed by atoms with Crippen LogP contribution in [0.25, 0.3) is 0 Å². The van der Waals surface area contributed by atoms with E-state index in [0.717, 1.165) is 25.2 Å². The van der Waals surface area contributed by atoms with Gasteiger partial charge in [-0.3, -0.25) is 0 Å². The Morgan fingerprint density at radius 1 is 1.50 bits per heavy atom. The van der Waals surface area contributed by atoms with Gasteiger partial charge in [0.15, 0.2) is 5.82 Å². The molecule has 0 spiro atoms. The Morgan fingerprint density at radius 3 is 3.06 bits per heavy atom. The summed E-state index contributed by atoms with van der Waals surface area (Å²) >= 11 is 0. The fourth-order valence-electron chi connectivity index (χ4n) is 2.28. The van der Waals surface area contributed by atoms with E-state index in [2.05, 4.69) is 15.2 Å². The molecule has 1 atom stereocenters. The van der Waals surface area contributed by atoms with Crippen molar-refractivity contribution in [3.8, 4) is 0 Å². The summed E-state index contributed by atoms with van der Waals surface area (Å²) in [5.74, 6) is 1.53. The van der Waals surface area contributed by atoms with Crippen LogP contribution in [0.4, 0.5) is 17.3 Å². The summed E-state index contributed by atoms with van der Waals surface area (Å²) in [7, 11) is 0. The van der Waals surface area contributed by atoms with Gasteiger partial charge in [-0.05, 0) is 25.0 Å². The third-order valence-electron chi connectivity index (χ3n) is 3.23. The number of aliphatic hydroxyl groups excluding tert-OH is 1. The normalized spacial score (nSPS) is 19.2. The lowest BCUT2D eigenvalue weighted by molar-refractivity contribution is 0.266. The first kappa shape index (κ1) is 12.9. The first-order chi connectivity index (χ1) is 8.76. The van der Waals surface area contributed by atoms with Crippen LogP contribution < -0.4 is 21.7 Å². The molecule has 0 aliphatic carbocycles. The van der Waals surface area contributed by atoms with Gasteiger partial charge in [0.1, 0.15) is 5.82 Å². The lowest BCUT2D eigenvalue weighted by atomic mass is 10.2. The number of aromatic nitrogens is 1. The van der Waals surface area contributed by atoms with E-state index in [4.69, 9.17) is 11.5 Å². The van der Waals surface area contributed by atoms with Gasteiger partial charge in [0.2, 0.25) is 0 Å². The lowest BCUT2D eigenvalue weighted by Crippen LogP contribution is -2.32. The zero-order chi connectivity index (χ0) is 13.0. The van der Waals surface area contributed by atoms with Crippen molar-refractivity contribution in [2.24, 2.45) is 5.73 Å². The summed E-state index contributed by atoms with van der Waals surface area (Å²) in [5, 5.41) is 12.4. The molecule has 1 saturated heterocycles. The molecule has 6 heteroatoms. The van der Waals surface area contributed by atoms with Crippen molar-refractivity contribution in [3.63, 3.8) is 0 Å². The number of nitrogens with zero attached hydrogens (tertiary/aromatic N) is 2. The summed E-state index contributed by atoms with van der Waals surface area (Å²) in [6.07, 6.45) is 2.09. The molecule has 1 aromatic rings. The number of nitrogens with one attached hydrogen (secondary N) is 1. The summed E-state index contributed by atoms with van der Waals surface area (Å²) in [6.45, 7) is 2.27. The van der Waals surface area contributed by atoms with Crippen molar-refractivity contribution in [3.05, 3.63) is 12.1 Å². The minimum atomic E-state index is 0.164. The Morgan fingerprint density at radius 2 is 2.33 bits per heavy atom. The van der Waals surface area contributed by atoms with Crippen LogP contribution in [0, 0.1) is 0 Å². The average molecular weight is 251 g/mol. The minimum Gasteiger partial charge on any atom is -0.396 e. The van der Waals surface area contributed by atoms with E-state index < -0.39 is 0 Å². The number of rotatable bonds is 5. The SMILES string of the molecule is NCCNc1nc(N2CCCC2CO)ccc1N. The van der Waals surface area contributed by atoms with Gasteiger partial charge in [0.25, 0.3) is 0 Å². The van der Waals surface area contributed by atoms with Gasteiger partial charge in [-0.2, -0.15) is 0 Å². The van der Waals surface area contributed by atoms with Gasteiger partial charge in [0, 0.05) is 19.6 Å². The molecule has 0 radical (unpaired) electrons. The Labute approximate surface area is 107 Å². The highest BCUT2D eigenvalue weighted by molar-refractivity contribution is 5.65. The van der Waals surface area contributed by atoms with Gasteiger partial charge >= 0.3 is 0 Å². The molecule has 1 aromatic heterocycles. The van der Waals surface area contributed by atoms with Gasteiger partial charge in [-0.15, -0.1) is 0 Å². The molecule has 6 nitrogen and oxygen atoms in total. The summed E-state index contributed by atoms with van der Waals surface area (Å²) in [4.78, 5) is 6.65. The fourth-order valence-corrected chi connectivity index (χ4v) is 2.28. The van der Waals surface area contributed by atoms with Crippen LogP contribution in [-0.4, -0.2) is 42.4 Å². The number of hydrogen-bond donors (Lipinski definition) is 4. The van der Waals surface area contributed by atoms with Crippen LogP contribution in [0.3, 0.4) is 0 Å². The van der Waals surface area contributed by atoms with E-state index in [9.17, 15) is 5.11 Å². The number of nitrogen functional groups attached to an aromatic ring is 1. The van der Waals surface area contributed by atoms with Crippen molar-refractivity contribution >= 4 is 17.3 Å². The Kier molecular flexibility index (Phi) is 4.22. The molecule has 6 N–H and O–H groups in total. The molecule has 1 fully saturated rings. The highest BCUT2D eigenvalue weighted by atomic mass is 16.3. The van der Waals surface area contributed by atoms with Crippen LogP contribution in [-0.2, 0) is 0 Å². The topological polar surface area (TPSA) is 100 Å². The predicted molar refractivity (Wildman–Crippen MR) is 73.6 cm³/mol. The van der Waals surface area contributed by atoms with Gasteiger partial charge in [-0.25, -0.2) is 4.98 Å². The van der Waals surface area contributed by atoms with E-state index in [1.54, 1.807) is 0 Å². The molecular formula is C12H21N5O. The molecular weight excluding hydrogens is 230 g/mol. The lowest BCUT2D eigenvalue weighted by Gasteiger charge is -2.24. The molecule has 1 unspecified atom stereocenters. The smallest absolute Gasteiger partial charge is 0.151 e. The largest absolute Gasteiger partial charge is 0.396 e. The second kappa shape index (κ2) is 5.88. The fraction of sp³-hybridized carbons (Fsp3) is 0.583. The maximum atomic E-state index is 9.34. The second-order valence-electron chi connectivity index (χ2n) is 4.49. The van der Waals surface area contributed by atoms with Gasteiger partial charge < -0.3 is 26.8 Å². The third kappa shape index (κ3) is 2.65. The first-order valence-electron chi connectivity index (χ1n) is 6.34. The van der Waals surface area contributed by atoms with E-state index in [1.165, 1.54) is 0 Å². The number of anilines is 3. The summed E-state index contributed by atoms with van der Waals surface area (Å²) < 4.78 is 0. The van der Waals surface area contributed by atoms with Crippen molar-refractivity contribution in [1.29, 1.82) is 0 Å². The zero-order valence-electron chi connectivity index (χ0n) is 10.5. The van der Waals surface area contributed by atoms with Crippen LogP contribution in [0.5, 0.6) is 0 Å². The highest BCUT2D eigenvalue weighted by Gasteiger charge is 2.25. The van der Waals surface area contributed by atoms with Crippen molar-refractivity contribution in [1.82, 2.24) is 4.98 Å². The molecule has 100 valence electrons. The van der Waals surface area contributed by atoms with Crippen LogP contribution in [0.1, 0.15) is 12.8 Å². The molecule has 18 heavy (non-hydrogen) atoms. The molecule has 0 saturated carbocycles. The molecule has 2 rings (SSSR count). The Balaban J connectivity index is 2.17. The number of hydrogen-bond acceptors (Lipinski definition) is 6. The number of aliphatic hydroxyl groups is 1. The molecule has 2 heterocycles. The number of nitrogens with two attached hydrogens (primary N) is 2. The van der Waals surface area contributed by atoms with E-state index in [-0.39, 0.29) is 12.6 Å². The van der Waals surface area contributed by atoms with E-state index in [1.807, 2.05) is 12.1 Å². The minimum absolute atomic E-state index is 0.164. The molecule has 0 aromatic carbocycles. The monoisotopic (exact) mass is 251 g/mol. The van der Waals surface area contributed by atoms with Gasteiger partial charge in [-0.1, -0.05) is 0 Å². The maximum absolute atomic E-state index is 9.34. The Bertz CT molecular complexity index is 398.